The molecule has 36 heavy (non-hydrogen) atoms. The van der Waals surface area contributed by atoms with Crippen molar-refractivity contribution in [1.82, 2.24) is 0 Å². The van der Waals surface area contributed by atoms with E-state index in [2.05, 4.69) is 130 Å². The molecule has 2 unspecified atom stereocenters. The molecule has 0 bridgehead atoms. The molecule has 0 saturated heterocycles. The van der Waals surface area contributed by atoms with E-state index in [1.807, 2.05) is 0 Å². The van der Waals surface area contributed by atoms with E-state index in [1.54, 1.807) is 0 Å². The van der Waals surface area contributed by atoms with E-state index in [1.165, 1.54) is 17.7 Å². The SMILES string of the molecule is CO[P+](=O)[O-].CO[P+](=O)[O-].c1cc[c]([Al+][c]2ccccc2)cc1.c1cc[c]([Al+][c]2ccccc2)cc1. The minimum absolute atomic E-state index is 0.271. The zero-order valence-electron chi connectivity index (χ0n) is 20.0. The normalized spacial score (nSPS) is 9.78. The van der Waals surface area contributed by atoms with Crippen molar-refractivity contribution in [3.05, 3.63) is 121 Å². The molecule has 0 radical (unpaired) electrons. The standard InChI is InChI=1S/4C6H5.2CH3O3P.2Al/c4*1-2-4-6-5-3-1;2*1-4-5(2)3;;/h4*1-5H;2*1H3;;/q;;;;;;2*+1. The molecule has 0 spiro atoms. The summed E-state index contributed by atoms with van der Waals surface area (Å²) in [4.78, 5) is 18.4. The van der Waals surface area contributed by atoms with E-state index in [0.717, 1.165) is 14.2 Å². The van der Waals surface area contributed by atoms with Crippen molar-refractivity contribution >= 4 is 64.7 Å². The Labute approximate surface area is 227 Å². The average molecular weight is 550 g/mol. The molecule has 0 N–H and O–H groups in total. The van der Waals surface area contributed by atoms with Gasteiger partial charge in [0, 0.05) is 0 Å². The van der Waals surface area contributed by atoms with Crippen molar-refractivity contribution in [2.24, 2.45) is 0 Å². The van der Waals surface area contributed by atoms with E-state index >= 15 is 0 Å². The fourth-order valence-electron chi connectivity index (χ4n) is 2.58. The van der Waals surface area contributed by atoms with Gasteiger partial charge in [-0.2, -0.15) is 9.05 Å². The summed E-state index contributed by atoms with van der Waals surface area (Å²) in [5, 5.41) is 0. The maximum atomic E-state index is 9.18. The predicted molar refractivity (Wildman–Crippen MR) is 145 cm³/mol. The molecule has 6 nitrogen and oxygen atoms in total. The maximum absolute atomic E-state index is 9.18. The van der Waals surface area contributed by atoms with Crippen LogP contribution in [0.4, 0.5) is 0 Å². The number of benzene rings is 4. The predicted octanol–water partition coefficient (Wildman–Crippen LogP) is 1.98. The van der Waals surface area contributed by atoms with Crippen LogP contribution in [-0.4, -0.2) is 44.7 Å². The van der Waals surface area contributed by atoms with E-state index in [-0.39, 0.29) is 30.4 Å². The molecule has 4 aromatic carbocycles. The quantitative estimate of drug-likeness (QED) is 0.269. The van der Waals surface area contributed by atoms with E-state index < -0.39 is 16.5 Å². The van der Waals surface area contributed by atoms with Crippen LogP contribution in [-0.2, 0) is 18.2 Å². The van der Waals surface area contributed by atoms with Crippen molar-refractivity contribution in [2.45, 2.75) is 0 Å². The topological polar surface area (TPSA) is 98.7 Å². The first-order valence-electron chi connectivity index (χ1n) is 10.7. The molecule has 0 fully saturated rings. The second-order valence-electron chi connectivity index (χ2n) is 6.74. The molecule has 0 aliphatic rings. The summed E-state index contributed by atoms with van der Waals surface area (Å²) in [6.07, 6.45) is 0. The van der Waals surface area contributed by atoms with Crippen molar-refractivity contribution < 1.29 is 28.0 Å². The summed E-state index contributed by atoms with van der Waals surface area (Å²) < 4.78 is 31.6. The summed E-state index contributed by atoms with van der Waals surface area (Å²) in [6.45, 7) is 0. The summed E-state index contributed by atoms with van der Waals surface area (Å²) in [5.41, 5.74) is 0. The van der Waals surface area contributed by atoms with Gasteiger partial charge in [0.1, 0.15) is 0 Å². The third-order valence-corrected chi connectivity index (χ3v) is 7.63. The second kappa shape index (κ2) is 21.1. The van der Waals surface area contributed by atoms with Crippen LogP contribution in [0.25, 0.3) is 0 Å². The molecular weight excluding hydrogens is 524 g/mol. The molecule has 0 aliphatic heterocycles. The number of hydrogen-bond donors (Lipinski definition) is 0. The van der Waals surface area contributed by atoms with E-state index in [4.69, 9.17) is 0 Å². The minimum atomic E-state index is -2.60. The third kappa shape index (κ3) is 17.4. The van der Waals surface area contributed by atoms with Crippen molar-refractivity contribution in [1.29, 1.82) is 0 Å². The van der Waals surface area contributed by atoms with Crippen LogP contribution < -0.4 is 27.5 Å². The Morgan fingerprint density at radius 3 is 0.778 bits per heavy atom. The van der Waals surface area contributed by atoms with Gasteiger partial charge < -0.3 is 9.79 Å². The average Bonchev–Trinajstić information content (AvgIpc) is 2.92. The summed E-state index contributed by atoms with van der Waals surface area (Å²) in [5.74, 6) is 0. The molecule has 0 aromatic heterocycles. The monoisotopic (exact) mass is 550 g/mol. The second-order valence-corrected chi connectivity index (χ2v) is 11.6. The summed E-state index contributed by atoms with van der Waals surface area (Å²) in [6, 6.07) is 42.6. The first-order chi connectivity index (χ1) is 17.4. The Morgan fingerprint density at radius 2 is 0.639 bits per heavy atom. The van der Waals surface area contributed by atoms with Crippen LogP contribution in [0.1, 0.15) is 0 Å². The summed E-state index contributed by atoms with van der Waals surface area (Å²) >= 11 is 0.543. The van der Waals surface area contributed by atoms with E-state index in [0.29, 0.717) is 0 Å². The van der Waals surface area contributed by atoms with Gasteiger partial charge in [-0.3, -0.25) is 0 Å². The fourth-order valence-corrected chi connectivity index (χ4v) is 5.01. The van der Waals surface area contributed by atoms with Crippen LogP contribution in [0.2, 0.25) is 0 Å². The Bertz CT molecular complexity index is 940. The van der Waals surface area contributed by atoms with Crippen molar-refractivity contribution in [3.63, 3.8) is 0 Å². The molecular formula is C26H26Al2O6P2+2. The molecule has 0 heterocycles. The Hall–Kier alpha value is -2.02. The van der Waals surface area contributed by atoms with Gasteiger partial charge in [-0.25, -0.2) is 0 Å². The Balaban J connectivity index is 0.000000266. The fraction of sp³-hybridized carbons (Fsp3) is 0.0769. The van der Waals surface area contributed by atoms with Crippen LogP contribution in [0.3, 0.4) is 0 Å². The molecule has 10 heteroatoms. The zero-order valence-corrected chi connectivity index (χ0v) is 24.1. The third-order valence-electron chi connectivity index (χ3n) is 4.16. The van der Waals surface area contributed by atoms with E-state index in [9.17, 15) is 18.9 Å². The van der Waals surface area contributed by atoms with Crippen molar-refractivity contribution in [2.75, 3.05) is 14.2 Å². The number of rotatable bonds is 6. The first kappa shape index (κ1) is 32.0. The molecule has 180 valence electrons. The van der Waals surface area contributed by atoms with Gasteiger partial charge in [0.25, 0.3) is 0 Å². The van der Waals surface area contributed by atoms with Gasteiger partial charge in [-0.05, 0) is 9.13 Å². The first-order valence-corrected chi connectivity index (χ1v) is 15.2. The van der Waals surface area contributed by atoms with Crippen LogP contribution in [0.5, 0.6) is 0 Å². The Kier molecular flexibility index (Phi) is 18.8. The van der Waals surface area contributed by atoms with Gasteiger partial charge in [-0.15, -0.1) is 0 Å². The molecule has 2 atom stereocenters. The van der Waals surface area contributed by atoms with Crippen molar-refractivity contribution in [3.8, 4) is 0 Å². The van der Waals surface area contributed by atoms with Gasteiger partial charge in [0.2, 0.25) is 0 Å². The van der Waals surface area contributed by atoms with Gasteiger partial charge >= 0.3 is 186 Å². The van der Waals surface area contributed by atoms with Gasteiger partial charge in [0.05, 0.1) is 14.2 Å². The van der Waals surface area contributed by atoms with Gasteiger partial charge in [0.15, 0.2) is 0 Å². The Morgan fingerprint density at radius 1 is 0.472 bits per heavy atom. The number of hydrogen-bond acceptors (Lipinski definition) is 6. The van der Waals surface area contributed by atoms with Gasteiger partial charge in [-0.1, -0.05) is 0 Å². The molecule has 4 aromatic rings. The zero-order chi connectivity index (χ0) is 26.4. The molecule has 0 amide bonds. The molecule has 0 aliphatic carbocycles. The molecule has 4 rings (SSSR count). The molecule has 0 saturated carbocycles. The summed E-state index contributed by atoms with van der Waals surface area (Å²) in [7, 11) is -2.99. The van der Waals surface area contributed by atoms with Crippen LogP contribution >= 0.6 is 16.5 Å². The van der Waals surface area contributed by atoms with Crippen LogP contribution in [0.15, 0.2) is 121 Å². The van der Waals surface area contributed by atoms with Crippen LogP contribution in [0, 0.1) is 0 Å².